The molecule has 1 rings (SSSR count). The van der Waals surface area contributed by atoms with Crippen molar-refractivity contribution in [1.29, 1.82) is 0 Å². The first-order valence-corrected chi connectivity index (χ1v) is 20.2. The van der Waals surface area contributed by atoms with Gasteiger partial charge in [0.05, 0.1) is 12.7 Å². The van der Waals surface area contributed by atoms with Gasteiger partial charge in [-0.25, -0.2) is 0 Å². The second kappa shape index (κ2) is 34.2. The van der Waals surface area contributed by atoms with Crippen LogP contribution in [0.4, 0.5) is 0 Å². The summed E-state index contributed by atoms with van der Waals surface area (Å²) in [6.45, 7) is 5.36. The predicted molar refractivity (Wildman–Crippen MR) is 217 cm³/mol. The van der Waals surface area contributed by atoms with Gasteiger partial charge in [-0.05, 0) is 96.8 Å². The predicted octanol–water partition coefficient (Wildman–Crippen LogP) is 9.02. The van der Waals surface area contributed by atoms with Gasteiger partial charge in [0, 0.05) is 12.8 Å². The molecular weight excluding hydrogens is 684 g/mol. The maximum atomic E-state index is 12.7. The van der Waals surface area contributed by atoms with E-state index in [1.807, 2.05) is 0 Å². The molecule has 0 spiro atoms. The van der Waals surface area contributed by atoms with E-state index in [1.54, 1.807) is 6.92 Å². The molecule has 9 heteroatoms. The number of esters is 2. The van der Waals surface area contributed by atoms with Gasteiger partial charge in [-0.15, -0.1) is 0 Å². The molecule has 0 aromatic rings. The average molecular weight is 755 g/mol. The smallest absolute Gasteiger partial charge is 0.306 e. The third-order valence-corrected chi connectivity index (χ3v) is 8.42. The molecule has 1 aliphatic heterocycles. The van der Waals surface area contributed by atoms with Gasteiger partial charge in [-0.2, -0.15) is 0 Å². The number of carbonyl (C=O) groups excluding carboxylic acids is 2. The van der Waals surface area contributed by atoms with Crippen molar-refractivity contribution in [2.24, 2.45) is 0 Å². The summed E-state index contributed by atoms with van der Waals surface area (Å²) in [5.41, 5.74) is 0. The van der Waals surface area contributed by atoms with E-state index in [0.717, 1.165) is 77.0 Å². The number of aliphatic hydroxyl groups is 3. The molecule has 6 atom stereocenters. The second-order valence-corrected chi connectivity index (χ2v) is 13.3. The van der Waals surface area contributed by atoms with Crippen LogP contribution >= 0.6 is 0 Å². The molecule has 0 bridgehead atoms. The molecule has 0 unspecified atom stereocenters. The van der Waals surface area contributed by atoms with E-state index in [9.17, 15) is 24.9 Å². The van der Waals surface area contributed by atoms with Gasteiger partial charge < -0.3 is 34.3 Å². The van der Waals surface area contributed by atoms with Crippen LogP contribution in [0.2, 0.25) is 0 Å². The van der Waals surface area contributed by atoms with Crippen LogP contribution in [-0.2, 0) is 28.5 Å². The van der Waals surface area contributed by atoms with Crippen molar-refractivity contribution < 1.29 is 43.9 Å². The summed E-state index contributed by atoms with van der Waals surface area (Å²) < 4.78 is 22.2. The lowest BCUT2D eigenvalue weighted by Crippen LogP contribution is -2.57. The van der Waals surface area contributed by atoms with E-state index >= 15 is 0 Å². The van der Waals surface area contributed by atoms with Crippen molar-refractivity contribution in [3.8, 4) is 0 Å². The summed E-state index contributed by atoms with van der Waals surface area (Å²) >= 11 is 0. The third kappa shape index (κ3) is 26.4. The second-order valence-electron chi connectivity index (χ2n) is 13.3. The minimum atomic E-state index is -1.50. The highest BCUT2D eigenvalue weighted by molar-refractivity contribution is 5.70. The number of hydrogen-bond donors (Lipinski definition) is 3. The molecule has 1 fully saturated rings. The van der Waals surface area contributed by atoms with Crippen molar-refractivity contribution in [3.05, 3.63) is 97.2 Å². The van der Waals surface area contributed by atoms with Crippen LogP contribution in [0.5, 0.6) is 0 Å². The fourth-order valence-electron chi connectivity index (χ4n) is 5.23. The Bertz CT molecular complexity index is 1200. The van der Waals surface area contributed by atoms with Crippen molar-refractivity contribution in [2.75, 3.05) is 13.2 Å². The summed E-state index contributed by atoms with van der Waals surface area (Å²) in [4.78, 5) is 25.2. The van der Waals surface area contributed by atoms with Crippen molar-refractivity contribution in [2.45, 2.75) is 160 Å². The molecule has 54 heavy (non-hydrogen) atoms. The quantitative estimate of drug-likeness (QED) is 0.0374. The van der Waals surface area contributed by atoms with E-state index in [1.165, 1.54) is 0 Å². The first-order valence-electron chi connectivity index (χ1n) is 20.2. The largest absolute Gasteiger partial charge is 0.462 e. The van der Waals surface area contributed by atoms with Crippen molar-refractivity contribution in [1.82, 2.24) is 0 Å². The zero-order chi connectivity index (χ0) is 39.5. The molecule has 0 aliphatic carbocycles. The number of carbonyl (C=O) groups is 2. The Hall–Kier alpha value is -3.34. The standard InChI is InChI=1S/C45H70O9/c1-4-6-8-10-12-14-16-18-20-22-24-26-28-30-32-34-40(46)51-36-39(37-52-45-44(50)43(49)42(48)38(3)53-45)54-41(47)35-33-31-29-27-25-23-21-19-17-15-13-11-9-7-5-2/h6-9,12-15,18-21,24-27,38-39,42-45,48-50H,4-5,10-11,16-17,22-23,28-37H2,1-3H3/b8-6-,9-7-,14-12-,15-13-,20-18-,21-19-,26-24-,27-25-/t38-,39-,42+,43+,44-,45-/m1/s1. The Kier molecular flexibility index (Phi) is 30.8. The molecule has 9 nitrogen and oxygen atoms in total. The van der Waals surface area contributed by atoms with Crippen LogP contribution in [0.15, 0.2) is 97.2 Å². The molecule has 0 amide bonds. The van der Waals surface area contributed by atoms with Gasteiger partial charge in [0.2, 0.25) is 0 Å². The van der Waals surface area contributed by atoms with Gasteiger partial charge in [-0.1, -0.05) is 111 Å². The number of hydrogen-bond acceptors (Lipinski definition) is 9. The number of unbranched alkanes of at least 4 members (excludes halogenated alkanes) is 4. The molecule has 1 saturated heterocycles. The summed E-state index contributed by atoms with van der Waals surface area (Å²) in [7, 11) is 0. The van der Waals surface area contributed by atoms with Crippen LogP contribution in [0.3, 0.4) is 0 Å². The van der Waals surface area contributed by atoms with Crippen LogP contribution in [0.25, 0.3) is 0 Å². The van der Waals surface area contributed by atoms with Gasteiger partial charge >= 0.3 is 11.9 Å². The van der Waals surface area contributed by atoms with Crippen molar-refractivity contribution in [3.63, 3.8) is 0 Å². The maximum Gasteiger partial charge on any atom is 0.306 e. The zero-order valence-electron chi connectivity index (χ0n) is 33.2. The minimum Gasteiger partial charge on any atom is -0.462 e. The van der Waals surface area contributed by atoms with E-state index in [0.29, 0.717) is 12.8 Å². The fourth-order valence-corrected chi connectivity index (χ4v) is 5.23. The fraction of sp³-hybridized carbons (Fsp3) is 0.600. The Morgan fingerprint density at radius 3 is 1.44 bits per heavy atom. The van der Waals surface area contributed by atoms with E-state index in [4.69, 9.17) is 18.9 Å². The lowest BCUT2D eigenvalue weighted by molar-refractivity contribution is -0.297. The summed E-state index contributed by atoms with van der Waals surface area (Å²) in [5.74, 6) is -0.850. The SMILES string of the molecule is CC/C=C\C/C=C\C/C=C\C/C=C\CCCCC(=O)OC[C@H](CO[C@@H]1O[C@H](C)[C@H](O)[C@H](O)[C@H]1O)OC(=O)CCCC/C=C\C/C=C\C/C=C\C/C=C\CC. The van der Waals surface area contributed by atoms with Gasteiger partial charge in [0.1, 0.15) is 24.9 Å². The molecule has 304 valence electrons. The highest BCUT2D eigenvalue weighted by Crippen LogP contribution is 2.22. The highest BCUT2D eigenvalue weighted by Gasteiger charge is 2.42. The van der Waals surface area contributed by atoms with Crippen LogP contribution < -0.4 is 0 Å². The van der Waals surface area contributed by atoms with Gasteiger partial charge in [-0.3, -0.25) is 9.59 Å². The molecule has 0 aromatic heterocycles. The highest BCUT2D eigenvalue weighted by atomic mass is 16.7. The maximum absolute atomic E-state index is 12.7. The third-order valence-electron chi connectivity index (χ3n) is 8.42. The minimum absolute atomic E-state index is 0.194. The Morgan fingerprint density at radius 2 is 0.981 bits per heavy atom. The monoisotopic (exact) mass is 755 g/mol. The van der Waals surface area contributed by atoms with Gasteiger partial charge in [0.25, 0.3) is 0 Å². The first kappa shape index (κ1) is 48.7. The van der Waals surface area contributed by atoms with Crippen LogP contribution in [0.1, 0.15) is 124 Å². The lowest BCUT2D eigenvalue weighted by Gasteiger charge is -2.39. The topological polar surface area (TPSA) is 132 Å². The molecule has 0 saturated carbocycles. The Balaban J connectivity index is 2.42. The van der Waals surface area contributed by atoms with Crippen LogP contribution in [0, 0.1) is 0 Å². The lowest BCUT2D eigenvalue weighted by atomic mass is 10.0. The van der Waals surface area contributed by atoms with Gasteiger partial charge in [0.15, 0.2) is 12.4 Å². The summed E-state index contributed by atoms with van der Waals surface area (Å²) in [5, 5.41) is 30.4. The van der Waals surface area contributed by atoms with Crippen molar-refractivity contribution >= 4 is 11.9 Å². The molecule has 1 heterocycles. The number of rotatable bonds is 30. The molecule has 1 aliphatic rings. The Labute approximate surface area is 325 Å². The zero-order valence-corrected chi connectivity index (χ0v) is 33.2. The number of allylic oxidation sites excluding steroid dienone is 16. The molecular formula is C45H70O9. The van der Waals surface area contributed by atoms with E-state index in [2.05, 4.69) is 111 Å². The summed E-state index contributed by atoms with van der Waals surface area (Å²) in [6.07, 6.45) is 40.0. The Morgan fingerprint density at radius 1 is 0.556 bits per heavy atom. The molecule has 0 aromatic carbocycles. The first-order chi connectivity index (χ1) is 26.3. The molecule has 3 N–H and O–H groups in total. The normalized spacial score (nSPS) is 21.8. The average Bonchev–Trinajstić information content (AvgIpc) is 3.16. The number of aliphatic hydroxyl groups excluding tert-OH is 3. The molecule has 0 radical (unpaired) electrons. The summed E-state index contributed by atoms with van der Waals surface area (Å²) in [6, 6.07) is 0. The van der Waals surface area contributed by atoms with Crippen LogP contribution in [-0.4, -0.2) is 77.3 Å². The van der Waals surface area contributed by atoms with E-state index < -0.39 is 48.7 Å². The van der Waals surface area contributed by atoms with E-state index in [-0.39, 0.29) is 26.1 Å². The number of ether oxygens (including phenoxy) is 4.